The van der Waals surface area contributed by atoms with E-state index in [2.05, 4.69) is 21.2 Å². The van der Waals surface area contributed by atoms with E-state index in [1.54, 1.807) is 0 Å². The van der Waals surface area contributed by atoms with Crippen molar-refractivity contribution in [1.82, 2.24) is 14.9 Å². The lowest BCUT2D eigenvalue weighted by Gasteiger charge is -2.28. The molecule has 4 rings (SSSR count). The molecule has 5 nitrogen and oxygen atoms in total. The highest BCUT2D eigenvalue weighted by Gasteiger charge is 2.29. The summed E-state index contributed by atoms with van der Waals surface area (Å²) >= 11 is 9.99. The summed E-state index contributed by atoms with van der Waals surface area (Å²) in [6, 6.07) is 15.2. The molecule has 162 valence electrons. The van der Waals surface area contributed by atoms with Crippen molar-refractivity contribution in [2.75, 3.05) is 0 Å². The van der Waals surface area contributed by atoms with Gasteiger partial charge in [-0.15, -0.1) is 0 Å². The minimum Gasteiger partial charge on any atom is -0.391 e. The lowest BCUT2D eigenvalue weighted by molar-refractivity contribution is 0.0713. The van der Waals surface area contributed by atoms with Gasteiger partial charge < -0.3 is 10.4 Å². The largest absolute Gasteiger partial charge is 0.391 e. The second-order valence-corrected chi connectivity index (χ2v) is 9.13. The normalized spacial score (nSPS) is 18.7. The van der Waals surface area contributed by atoms with Crippen LogP contribution < -0.4 is 5.32 Å². The molecule has 2 N–H and O–H groups in total. The highest BCUT2D eigenvalue weighted by atomic mass is 79.9. The van der Waals surface area contributed by atoms with E-state index in [4.69, 9.17) is 16.6 Å². The van der Waals surface area contributed by atoms with Gasteiger partial charge in [-0.1, -0.05) is 59.4 Å². The number of carbonyl (C=O) groups excluding carboxylic acids is 1. The molecule has 1 aliphatic rings. The maximum Gasteiger partial charge on any atom is 0.272 e. The fraction of sp³-hybridized carbons (Fsp3) is 0.333. The lowest BCUT2D eigenvalue weighted by Crippen LogP contribution is -2.45. The van der Waals surface area contributed by atoms with Gasteiger partial charge in [-0.25, -0.2) is 4.98 Å². The number of halogens is 2. The third kappa shape index (κ3) is 4.56. The lowest BCUT2D eigenvalue weighted by atomic mass is 9.92. The first-order chi connectivity index (χ1) is 15.0. The van der Waals surface area contributed by atoms with Crippen molar-refractivity contribution in [3.05, 3.63) is 69.4 Å². The van der Waals surface area contributed by atoms with Crippen molar-refractivity contribution in [2.45, 2.75) is 51.2 Å². The summed E-state index contributed by atoms with van der Waals surface area (Å²) < 4.78 is 2.97. The Morgan fingerprint density at radius 2 is 1.90 bits per heavy atom. The van der Waals surface area contributed by atoms with Gasteiger partial charge in [0.2, 0.25) is 0 Å². The van der Waals surface area contributed by atoms with Crippen molar-refractivity contribution in [3.8, 4) is 17.1 Å². The number of amides is 1. The average molecular weight is 503 g/mol. The van der Waals surface area contributed by atoms with Gasteiger partial charge in [-0.2, -0.15) is 0 Å². The number of imidazole rings is 1. The number of aliphatic hydroxyl groups excluding tert-OH is 1. The van der Waals surface area contributed by atoms with Gasteiger partial charge in [-0.3, -0.25) is 9.36 Å². The molecule has 3 aromatic rings. The third-order valence-electron chi connectivity index (χ3n) is 5.77. The van der Waals surface area contributed by atoms with E-state index in [1.165, 1.54) is 0 Å². The van der Waals surface area contributed by atoms with E-state index in [0.717, 1.165) is 40.7 Å². The standard InChI is InChI=1S/C24H25BrClN3O2/c1-2-20-22(24(31)27-19-9-5-6-10-21(19)30)28-23(17-7-3-4-8-18(17)26)29(20)16-13-11-15(25)12-14-16/h3-4,7-8,11-14,19,21,30H,2,5-6,9-10H2,1H3,(H,27,31)/t19-,21-/m0/s1. The number of benzene rings is 2. The Labute approximate surface area is 195 Å². The van der Waals surface area contributed by atoms with E-state index in [9.17, 15) is 9.90 Å². The molecule has 0 radical (unpaired) electrons. The Hall–Kier alpha value is -2.15. The van der Waals surface area contributed by atoms with Crippen molar-refractivity contribution in [1.29, 1.82) is 0 Å². The van der Waals surface area contributed by atoms with Gasteiger partial charge in [-0.05, 0) is 55.7 Å². The van der Waals surface area contributed by atoms with E-state index in [1.807, 2.05) is 60.0 Å². The minimum atomic E-state index is -0.514. The zero-order valence-corrected chi connectivity index (χ0v) is 19.7. The molecule has 1 heterocycles. The molecule has 1 amide bonds. The number of hydrogen-bond acceptors (Lipinski definition) is 3. The molecule has 0 bridgehead atoms. The van der Waals surface area contributed by atoms with Crippen LogP contribution in [0.1, 0.15) is 48.8 Å². The first kappa shape index (κ1) is 22.1. The van der Waals surface area contributed by atoms with Gasteiger partial charge in [0.1, 0.15) is 11.5 Å². The molecule has 0 aliphatic heterocycles. The predicted octanol–water partition coefficient (Wildman–Crippen LogP) is 5.55. The van der Waals surface area contributed by atoms with Gasteiger partial charge >= 0.3 is 0 Å². The van der Waals surface area contributed by atoms with Gasteiger partial charge in [0.25, 0.3) is 5.91 Å². The summed E-state index contributed by atoms with van der Waals surface area (Å²) in [5.41, 5.74) is 2.84. The zero-order chi connectivity index (χ0) is 22.0. The molecule has 0 spiro atoms. The van der Waals surface area contributed by atoms with Crippen molar-refractivity contribution >= 4 is 33.4 Å². The fourth-order valence-corrected chi connectivity index (χ4v) is 4.65. The average Bonchev–Trinajstić information content (AvgIpc) is 3.16. The van der Waals surface area contributed by atoms with Crippen LogP contribution in [0.5, 0.6) is 0 Å². The Morgan fingerprint density at radius 3 is 2.58 bits per heavy atom. The van der Waals surface area contributed by atoms with Gasteiger partial charge in [0.15, 0.2) is 0 Å². The number of carbonyl (C=O) groups is 1. The second-order valence-electron chi connectivity index (χ2n) is 7.81. The van der Waals surface area contributed by atoms with E-state index >= 15 is 0 Å². The molecule has 31 heavy (non-hydrogen) atoms. The summed E-state index contributed by atoms with van der Waals surface area (Å²) in [4.78, 5) is 18.0. The predicted molar refractivity (Wildman–Crippen MR) is 127 cm³/mol. The molecule has 1 aliphatic carbocycles. The smallest absolute Gasteiger partial charge is 0.272 e. The second kappa shape index (κ2) is 9.55. The molecule has 7 heteroatoms. The van der Waals surface area contributed by atoms with E-state index in [-0.39, 0.29) is 11.9 Å². The number of nitrogens with zero attached hydrogens (tertiary/aromatic N) is 2. The Balaban J connectivity index is 1.82. The van der Waals surface area contributed by atoms with Crippen LogP contribution in [-0.4, -0.2) is 32.7 Å². The van der Waals surface area contributed by atoms with Crippen molar-refractivity contribution < 1.29 is 9.90 Å². The Kier molecular flexibility index (Phi) is 6.80. The topological polar surface area (TPSA) is 67.2 Å². The zero-order valence-electron chi connectivity index (χ0n) is 17.3. The molecule has 1 fully saturated rings. The molecule has 0 unspecified atom stereocenters. The molecule has 1 aromatic heterocycles. The first-order valence-electron chi connectivity index (χ1n) is 10.6. The van der Waals surface area contributed by atoms with E-state index in [0.29, 0.717) is 29.4 Å². The monoisotopic (exact) mass is 501 g/mol. The maximum absolute atomic E-state index is 13.3. The Morgan fingerprint density at radius 1 is 1.19 bits per heavy atom. The van der Waals surface area contributed by atoms with Crippen LogP contribution in [0.25, 0.3) is 17.1 Å². The maximum atomic E-state index is 13.3. The van der Waals surface area contributed by atoms with Gasteiger partial charge in [0, 0.05) is 15.7 Å². The summed E-state index contributed by atoms with van der Waals surface area (Å²) in [5.74, 6) is 0.367. The van der Waals surface area contributed by atoms with Crippen LogP contribution in [0, 0.1) is 0 Å². The number of rotatable bonds is 5. The summed E-state index contributed by atoms with van der Waals surface area (Å²) in [6.45, 7) is 2.01. The molecular formula is C24H25BrClN3O2. The first-order valence-corrected chi connectivity index (χ1v) is 11.8. The Bertz CT molecular complexity index is 1080. The van der Waals surface area contributed by atoms with Crippen molar-refractivity contribution in [2.24, 2.45) is 0 Å². The minimum absolute atomic E-state index is 0.243. The van der Waals surface area contributed by atoms with Crippen LogP contribution in [-0.2, 0) is 6.42 Å². The highest BCUT2D eigenvalue weighted by Crippen LogP contribution is 2.32. The number of aliphatic hydroxyl groups is 1. The van der Waals surface area contributed by atoms with Crippen LogP contribution in [0.15, 0.2) is 53.0 Å². The fourth-order valence-electron chi connectivity index (χ4n) is 4.17. The number of aromatic nitrogens is 2. The summed E-state index contributed by atoms with van der Waals surface area (Å²) in [5, 5.41) is 13.9. The number of hydrogen-bond donors (Lipinski definition) is 2. The van der Waals surface area contributed by atoms with Crippen LogP contribution in [0.2, 0.25) is 5.02 Å². The molecule has 0 saturated heterocycles. The molecular weight excluding hydrogens is 478 g/mol. The quantitative estimate of drug-likeness (QED) is 0.481. The molecule has 1 saturated carbocycles. The summed E-state index contributed by atoms with van der Waals surface area (Å²) in [7, 11) is 0. The van der Waals surface area contributed by atoms with E-state index < -0.39 is 6.10 Å². The summed E-state index contributed by atoms with van der Waals surface area (Å²) in [6.07, 6.45) is 3.58. The number of nitrogens with one attached hydrogen (secondary N) is 1. The SMILES string of the molecule is CCc1c(C(=O)N[C@H]2CCCC[C@@H]2O)nc(-c2ccccc2Cl)n1-c1ccc(Br)cc1. The van der Waals surface area contributed by atoms with Crippen LogP contribution in [0.3, 0.4) is 0 Å². The highest BCUT2D eigenvalue weighted by molar-refractivity contribution is 9.10. The third-order valence-corrected chi connectivity index (χ3v) is 6.63. The van der Waals surface area contributed by atoms with Crippen LogP contribution >= 0.6 is 27.5 Å². The van der Waals surface area contributed by atoms with Crippen LogP contribution in [0.4, 0.5) is 0 Å². The van der Waals surface area contributed by atoms with Gasteiger partial charge in [0.05, 0.1) is 22.9 Å². The molecule has 2 aromatic carbocycles. The molecule has 2 atom stereocenters. The van der Waals surface area contributed by atoms with Crippen molar-refractivity contribution in [3.63, 3.8) is 0 Å².